The summed E-state index contributed by atoms with van der Waals surface area (Å²) in [4.78, 5) is 14.5. The van der Waals surface area contributed by atoms with Crippen LogP contribution in [0.4, 0.5) is 5.69 Å². The van der Waals surface area contributed by atoms with Gasteiger partial charge in [-0.2, -0.15) is 10.4 Å². The topological polar surface area (TPSA) is 109 Å². The highest BCUT2D eigenvalue weighted by atomic mass is 16.3. The fourth-order valence-corrected chi connectivity index (χ4v) is 3.04. The molecule has 7 nitrogen and oxygen atoms in total. The highest BCUT2D eigenvalue weighted by Gasteiger charge is 2.25. The number of carbonyl (C=O) groups excluding carboxylic acids is 1. The highest BCUT2D eigenvalue weighted by Crippen LogP contribution is 2.24. The van der Waals surface area contributed by atoms with Crippen LogP contribution in [-0.2, 0) is 4.79 Å². The summed E-state index contributed by atoms with van der Waals surface area (Å²) in [5.74, 6) is -0.416. The van der Waals surface area contributed by atoms with Gasteiger partial charge >= 0.3 is 0 Å². The summed E-state index contributed by atoms with van der Waals surface area (Å²) < 4.78 is 0. The number of hydrazone groups is 1. The number of nitrogens with one attached hydrogen (secondary N) is 1. The largest absolute Gasteiger partial charge is 0.508 e. The lowest BCUT2D eigenvalue weighted by molar-refractivity contribution is -0.125. The maximum absolute atomic E-state index is 12.3. The molecule has 27 heavy (non-hydrogen) atoms. The van der Waals surface area contributed by atoms with E-state index in [0.29, 0.717) is 24.0 Å². The summed E-state index contributed by atoms with van der Waals surface area (Å²) in [5, 5.41) is 31.7. The van der Waals surface area contributed by atoms with Gasteiger partial charge in [0.15, 0.2) is 0 Å². The quantitative estimate of drug-likeness (QED) is 0.570. The molecular formula is C20H20N4O3. The second kappa shape index (κ2) is 8.23. The maximum Gasteiger partial charge on any atom is 0.243 e. The van der Waals surface area contributed by atoms with E-state index in [2.05, 4.69) is 21.5 Å². The fourth-order valence-electron chi connectivity index (χ4n) is 3.04. The van der Waals surface area contributed by atoms with Gasteiger partial charge in [0, 0.05) is 36.3 Å². The molecule has 1 heterocycles. The van der Waals surface area contributed by atoms with Crippen molar-refractivity contribution in [2.24, 2.45) is 11.0 Å². The van der Waals surface area contributed by atoms with Gasteiger partial charge in [-0.25, -0.2) is 5.43 Å². The molecule has 0 saturated carbocycles. The van der Waals surface area contributed by atoms with E-state index in [1.54, 1.807) is 12.1 Å². The first-order chi connectivity index (χ1) is 13.1. The number of phenolic OH excluding ortho intramolecular Hbond substituents is 2. The van der Waals surface area contributed by atoms with Crippen LogP contribution in [0.5, 0.6) is 11.5 Å². The average molecular weight is 364 g/mol. The van der Waals surface area contributed by atoms with E-state index in [4.69, 9.17) is 5.26 Å². The Labute approximate surface area is 157 Å². The summed E-state index contributed by atoms with van der Waals surface area (Å²) in [7, 11) is 0. The van der Waals surface area contributed by atoms with Crippen LogP contribution in [0, 0.1) is 17.2 Å². The molecule has 7 heteroatoms. The third kappa shape index (κ3) is 4.55. The SMILES string of the molecule is N#Cc1ccc(N2CCC(C(=O)NN=Cc3ccc(O)cc3O)CC2)cc1. The molecule has 2 aromatic rings. The summed E-state index contributed by atoms with van der Waals surface area (Å²) in [5.41, 5.74) is 4.60. The smallest absolute Gasteiger partial charge is 0.243 e. The molecule has 1 amide bonds. The zero-order valence-corrected chi connectivity index (χ0v) is 14.7. The summed E-state index contributed by atoms with van der Waals surface area (Å²) >= 11 is 0. The number of carbonyl (C=O) groups is 1. The summed E-state index contributed by atoms with van der Waals surface area (Å²) in [6.45, 7) is 1.51. The number of hydrogen-bond acceptors (Lipinski definition) is 6. The van der Waals surface area contributed by atoms with Crippen LogP contribution in [0.25, 0.3) is 0 Å². The number of piperidine rings is 1. The second-order valence-electron chi connectivity index (χ2n) is 6.40. The number of amides is 1. The number of anilines is 1. The molecule has 3 rings (SSSR count). The van der Waals surface area contributed by atoms with Gasteiger partial charge in [0.05, 0.1) is 17.8 Å². The minimum Gasteiger partial charge on any atom is -0.508 e. The molecule has 0 radical (unpaired) electrons. The third-order valence-electron chi connectivity index (χ3n) is 4.62. The van der Waals surface area contributed by atoms with Crippen molar-refractivity contribution in [2.75, 3.05) is 18.0 Å². The van der Waals surface area contributed by atoms with Crippen molar-refractivity contribution in [3.05, 3.63) is 53.6 Å². The van der Waals surface area contributed by atoms with Crippen molar-refractivity contribution in [3.63, 3.8) is 0 Å². The van der Waals surface area contributed by atoms with Crippen LogP contribution in [-0.4, -0.2) is 35.4 Å². The highest BCUT2D eigenvalue weighted by molar-refractivity contribution is 5.86. The second-order valence-corrected chi connectivity index (χ2v) is 6.40. The Kier molecular flexibility index (Phi) is 5.57. The third-order valence-corrected chi connectivity index (χ3v) is 4.62. The van der Waals surface area contributed by atoms with Crippen LogP contribution in [0.1, 0.15) is 24.0 Å². The lowest BCUT2D eigenvalue weighted by atomic mass is 9.96. The minimum absolute atomic E-state index is 0.0392. The van der Waals surface area contributed by atoms with Gasteiger partial charge in [-0.15, -0.1) is 0 Å². The van der Waals surface area contributed by atoms with Crippen molar-refractivity contribution in [1.82, 2.24) is 5.43 Å². The number of hydrogen-bond donors (Lipinski definition) is 3. The van der Waals surface area contributed by atoms with Crippen molar-refractivity contribution < 1.29 is 15.0 Å². The molecule has 2 aromatic carbocycles. The van der Waals surface area contributed by atoms with Crippen LogP contribution in [0.3, 0.4) is 0 Å². The van der Waals surface area contributed by atoms with Gasteiger partial charge in [0.2, 0.25) is 5.91 Å². The molecule has 0 aliphatic carbocycles. The lowest BCUT2D eigenvalue weighted by Crippen LogP contribution is -2.39. The van der Waals surface area contributed by atoms with Crippen LogP contribution in [0.15, 0.2) is 47.6 Å². The predicted octanol–water partition coefficient (Wildman–Crippen LogP) is 2.34. The number of benzene rings is 2. The summed E-state index contributed by atoms with van der Waals surface area (Å²) in [6, 6.07) is 13.7. The molecule has 1 fully saturated rings. The maximum atomic E-state index is 12.3. The first-order valence-electron chi connectivity index (χ1n) is 8.67. The van der Waals surface area contributed by atoms with Crippen LogP contribution in [0.2, 0.25) is 0 Å². The Morgan fingerprint density at radius 1 is 1.19 bits per heavy atom. The molecule has 0 unspecified atom stereocenters. The van der Waals surface area contributed by atoms with Crippen molar-refractivity contribution in [3.8, 4) is 17.6 Å². The van der Waals surface area contributed by atoms with Crippen LogP contribution >= 0.6 is 0 Å². The van der Waals surface area contributed by atoms with Crippen molar-refractivity contribution >= 4 is 17.8 Å². The number of phenols is 2. The van der Waals surface area contributed by atoms with E-state index in [1.807, 2.05) is 12.1 Å². The number of rotatable bonds is 4. The lowest BCUT2D eigenvalue weighted by Gasteiger charge is -2.32. The van der Waals surface area contributed by atoms with Crippen molar-refractivity contribution in [1.29, 1.82) is 5.26 Å². The Balaban J connectivity index is 1.50. The van der Waals surface area contributed by atoms with Gasteiger partial charge in [-0.3, -0.25) is 4.79 Å². The Hall–Kier alpha value is -3.53. The molecule has 1 saturated heterocycles. The molecule has 0 atom stereocenters. The molecule has 0 aromatic heterocycles. The molecule has 3 N–H and O–H groups in total. The van der Waals surface area contributed by atoms with E-state index in [1.165, 1.54) is 24.4 Å². The normalized spacial score (nSPS) is 14.9. The van der Waals surface area contributed by atoms with Crippen molar-refractivity contribution in [2.45, 2.75) is 12.8 Å². The molecule has 0 bridgehead atoms. The van der Waals surface area contributed by atoms with E-state index in [0.717, 1.165) is 18.8 Å². The van der Waals surface area contributed by atoms with E-state index in [-0.39, 0.29) is 23.3 Å². The van der Waals surface area contributed by atoms with Crippen LogP contribution < -0.4 is 10.3 Å². The first-order valence-corrected chi connectivity index (χ1v) is 8.67. The monoisotopic (exact) mass is 364 g/mol. The molecule has 0 spiro atoms. The Morgan fingerprint density at radius 3 is 2.52 bits per heavy atom. The predicted molar refractivity (Wildman–Crippen MR) is 102 cm³/mol. The van der Waals surface area contributed by atoms with Gasteiger partial charge in [0.1, 0.15) is 11.5 Å². The fraction of sp³-hybridized carbons (Fsp3) is 0.250. The standard InChI is InChI=1S/C20H20N4O3/c21-12-14-1-4-17(5-2-14)24-9-7-15(8-10-24)20(27)23-22-13-16-3-6-18(25)11-19(16)26/h1-6,11,13,15,25-26H,7-10H2,(H,23,27). The Morgan fingerprint density at radius 2 is 1.89 bits per heavy atom. The Bertz CT molecular complexity index is 879. The van der Waals surface area contributed by atoms with E-state index < -0.39 is 0 Å². The minimum atomic E-state index is -0.149. The number of nitrogens with zero attached hydrogens (tertiary/aromatic N) is 3. The first kappa shape index (κ1) is 18.3. The van der Waals surface area contributed by atoms with E-state index in [9.17, 15) is 15.0 Å². The van der Waals surface area contributed by atoms with Gasteiger partial charge in [-0.1, -0.05) is 0 Å². The molecule has 1 aliphatic rings. The van der Waals surface area contributed by atoms with Gasteiger partial charge in [0.25, 0.3) is 0 Å². The average Bonchev–Trinajstić information content (AvgIpc) is 2.70. The zero-order valence-electron chi connectivity index (χ0n) is 14.7. The van der Waals surface area contributed by atoms with E-state index >= 15 is 0 Å². The van der Waals surface area contributed by atoms with Gasteiger partial charge in [-0.05, 0) is 49.2 Å². The number of nitriles is 1. The summed E-state index contributed by atoms with van der Waals surface area (Å²) in [6.07, 6.45) is 2.77. The number of aromatic hydroxyl groups is 2. The molecular weight excluding hydrogens is 344 g/mol. The zero-order chi connectivity index (χ0) is 19.2. The molecule has 138 valence electrons. The molecule has 1 aliphatic heterocycles. The van der Waals surface area contributed by atoms with Gasteiger partial charge < -0.3 is 15.1 Å².